The maximum Gasteiger partial charge on any atom is 0.235 e. The smallest absolute Gasteiger partial charge is 0.235 e. The van der Waals surface area contributed by atoms with Crippen molar-refractivity contribution in [3.05, 3.63) is 24.0 Å². The first-order valence-corrected chi connectivity index (χ1v) is 8.26. The molecule has 1 aromatic carbocycles. The van der Waals surface area contributed by atoms with Crippen LogP contribution in [0.2, 0.25) is 0 Å². The molecule has 1 aliphatic rings. The molecule has 1 heterocycles. The first kappa shape index (κ1) is 18.7. The van der Waals surface area contributed by atoms with Crippen molar-refractivity contribution in [1.82, 2.24) is 0 Å². The summed E-state index contributed by atoms with van der Waals surface area (Å²) in [7, 11) is -3.47. The topological polar surface area (TPSA) is 92.5 Å². The van der Waals surface area contributed by atoms with E-state index in [0.29, 0.717) is 12.1 Å². The molecule has 1 atom stereocenters. The number of rotatable bonds is 4. The van der Waals surface area contributed by atoms with Gasteiger partial charge in [-0.2, -0.15) is 0 Å². The van der Waals surface area contributed by atoms with Crippen LogP contribution in [0.3, 0.4) is 0 Å². The maximum atomic E-state index is 13.9. The molecule has 2 rings (SSSR count). The van der Waals surface area contributed by atoms with Gasteiger partial charge >= 0.3 is 0 Å². The van der Waals surface area contributed by atoms with E-state index >= 15 is 0 Å². The summed E-state index contributed by atoms with van der Waals surface area (Å²) in [5, 5.41) is 2.58. The monoisotopic (exact) mass is 351 g/mol. The van der Waals surface area contributed by atoms with Gasteiger partial charge in [-0.25, -0.2) is 12.8 Å². The number of nitrogens with two attached hydrogens (primary N) is 1. The highest BCUT2D eigenvalue weighted by atomic mass is 35.5. The first-order chi connectivity index (χ1) is 9.79. The summed E-state index contributed by atoms with van der Waals surface area (Å²) in [5.41, 5.74) is 5.84. The van der Waals surface area contributed by atoms with E-state index < -0.39 is 15.8 Å². The number of amides is 1. The van der Waals surface area contributed by atoms with Gasteiger partial charge in [0.05, 0.1) is 11.4 Å². The molecule has 6 nitrogen and oxygen atoms in total. The van der Waals surface area contributed by atoms with Gasteiger partial charge in [0.2, 0.25) is 15.9 Å². The lowest BCUT2D eigenvalue weighted by Crippen LogP contribution is -2.26. The molecule has 1 aromatic rings. The van der Waals surface area contributed by atoms with E-state index in [1.165, 1.54) is 12.1 Å². The molecular weight excluding hydrogens is 333 g/mol. The summed E-state index contributed by atoms with van der Waals surface area (Å²) in [6.45, 7) is 1.95. The molecule has 3 N–H and O–H groups in total. The Balaban J connectivity index is 0.00000242. The second-order valence-electron chi connectivity index (χ2n) is 5.14. The van der Waals surface area contributed by atoms with Crippen LogP contribution in [0.15, 0.2) is 18.2 Å². The highest BCUT2D eigenvalue weighted by Crippen LogP contribution is 2.29. The van der Waals surface area contributed by atoms with Crippen molar-refractivity contribution in [2.24, 2.45) is 5.73 Å². The number of sulfonamides is 1. The Labute approximate surface area is 135 Å². The molecule has 0 aromatic heterocycles. The number of nitrogens with one attached hydrogen (secondary N) is 1. The van der Waals surface area contributed by atoms with Crippen LogP contribution in [-0.2, 0) is 14.8 Å². The van der Waals surface area contributed by atoms with Crippen molar-refractivity contribution >= 4 is 39.7 Å². The number of anilines is 2. The van der Waals surface area contributed by atoms with E-state index in [9.17, 15) is 17.6 Å². The molecule has 1 amide bonds. The van der Waals surface area contributed by atoms with Crippen LogP contribution in [0.4, 0.5) is 15.8 Å². The fraction of sp³-hybridized carbons (Fsp3) is 0.462. The molecule has 22 heavy (non-hydrogen) atoms. The number of hydrogen-bond donors (Lipinski definition) is 2. The minimum absolute atomic E-state index is 0. The SMILES string of the molecule is CC(N)CC(=O)Nc1ccc(F)c(N2CCCS2(=O)=O)c1.Cl. The molecule has 0 saturated carbocycles. The minimum atomic E-state index is -3.47. The highest BCUT2D eigenvalue weighted by Gasteiger charge is 2.30. The predicted molar refractivity (Wildman–Crippen MR) is 86.3 cm³/mol. The van der Waals surface area contributed by atoms with Gasteiger partial charge in [-0.05, 0) is 31.5 Å². The van der Waals surface area contributed by atoms with Crippen molar-refractivity contribution in [2.45, 2.75) is 25.8 Å². The Morgan fingerprint density at radius 3 is 2.73 bits per heavy atom. The number of carbonyl (C=O) groups excluding carboxylic acids is 1. The zero-order valence-electron chi connectivity index (χ0n) is 12.1. The van der Waals surface area contributed by atoms with Crippen LogP contribution >= 0.6 is 12.4 Å². The van der Waals surface area contributed by atoms with Crippen molar-refractivity contribution in [3.63, 3.8) is 0 Å². The number of carbonyl (C=O) groups is 1. The van der Waals surface area contributed by atoms with Crippen LogP contribution in [0, 0.1) is 5.82 Å². The van der Waals surface area contributed by atoms with Crippen molar-refractivity contribution in [2.75, 3.05) is 21.9 Å². The molecule has 9 heteroatoms. The standard InChI is InChI=1S/C13H18FN3O3S.ClH/c1-9(15)7-13(18)16-10-3-4-11(14)12(8-10)17-5-2-6-21(17,19)20;/h3-4,8-9H,2,5-7,15H2,1H3,(H,16,18);1H. The van der Waals surface area contributed by atoms with Gasteiger partial charge in [-0.15, -0.1) is 12.4 Å². The number of nitrogens with zero attached hydrogens (tertiary/aromatic N) is 1. The average Bonchev–Trinajstić information content (AvgIpc) is 2.70. The Morgan fingerprint density at radius 2 is 2.18 bits per heavy atom. The summed E-state index contributed by atoms with van der Waals surface area (Å²) < 4.78 is 38.6. The van der Waals surface area contributed by atoms with E-state index in [1.54, 1.807) is 6.92 Å². The second-order valence-corrected chi connectivity index (χ2v) is 7.15. The molecule has 1 saturated heterocycles. The predicted octanol–water partition coefficient (Wildman–Crippen LogP) is 1.46. The molecule has 0 spiro atoms. The van der Waals surface area contributed by atoms with Gasteiger partial charge in [-0.3, -0.25) is 9.10 Å². The molecule has 0 bridgehead atoms. The van der Waals surface area contributed by atoms with E-state index in [-0.39, 0.29) is 48.8 Å². The van der Waals surface area contributed by atoms with Crippen LogP contribution in [-0.4, -0.2) is 32.7 Å². The molecule has 0 radical (unpaired) electrons. The van der Waals surface area contributed by atoms with Crippen LogP contribution in [0.5, 0.6) is 0 Å². The van der Waals surface area contributed by atoms with Crippen LogP contribution in [0.1, 0.15) is 19.8 Å². The van der Waals surface area contributed by atoms with Gasteiger partial charge in [0.1, 0.15) is 5.82 Å². The van der Waals surface area contributed by atoms with Crippen LogP contribution in [0.25, 0.3) is 0 Å². The second kappa shape index (κ2) is 7.26. The minimum Gasteiger partial charge on any atom is -0.327 e. The number of halogens is 2. The fourth-order valence-corrected chi connectivity index (χ4v) is 3.76. The summed E-state index contributed by atoms with van der Waals surface area (Å²) in [5.74, 6) is -0.925. The molecule has 0 aliphatic carbocycles. The molecule has 1 fully saturated rings. The normalized spacial score (nSPS) is 17.7. The maximum absolute atomic E-state index is 13.9. The molecule has 1 aliphatic heterocycles. The molecular formula is C13H19ClFN3O3S. The van der Waals surface area contributed by atoms with Gasteiger partial charge in [0.25, 0.3) is 0 Å². The van der Waals surface area contributed by atoms with Crippen molar-refractivity contribution < 1.29 is 17.6 Å². The summed E-state index contributed by atoms with van der Waals surface area (Å²) >= 11 is 0. The zero-order chi connectivity index (χ0) is 15.6. The fourth-order valence-electron chi connectivity index (χ4n) is 2.20. The van der Waals surface area contributed by atoms with E-state index in [0.717, 1.165) is 10.4 Å². The van der Waals surface area contributed by atoms with Gasteiger partial charge in [-0.1, -0.05) is 0 Å². The lowest BCUT2D eigenvalue weighted by atomic mass is 10.2. The largest absolute Gasteiger partial charge is 0.327 e. The lowest BCUT2D eigenvalue weighted by molar-refractivity contribution is -0.116. The summed E-state index contributed by atoms with van der Waals surface area (Å²) in [6.07, 6.45) is 0.595. The third-order valence-corrected chi connectivity index (χ3v) is 4.96. The third kappa shape index (κ3) is 4.31. The number of benzene rings is 1. The van der Waals surface area contributed by atoms with Crippen molar-refractivity contribution in [1.29, 1.82) is 0 Å². The van der Waals surface area contributed by atoms with Gasteiger partial charge in [0.15, 0.2) is 0 Å². The Kier molecular flexibility index (Phi) is 6.16. The van der Waals surface area contributed by atoms with Gasteiger partial charge in [0, 0.05) is 24.7 Å². The quantitative estimate of drug-likeness (QED) is 0.859. The highest BCUT2D eigenvalue weighted by molar-refractivity contribution is 7.93. The van der Waals surface area contributed by atoms with E-state index in [4.69, 9.17) is 5.73 Å². The molecule has 1 unspecified atom stereocenters. The third-order valence-electron chi connectivity index (χ3n) is 3.11. The van der Waals surface area contributed by atoms with Crippen molar-refractivity contribution in [3.8, 4) is 0 Å². The Bertz CT molecular complexity index is 652. The van der Waals surface area contributed by atoms with E-state index in [1.807, 2.05) is 0 Å². The Morgan fingerprint density at radius 1 is 1.50 bits per heavy atom. The first-order valence-electron chi connectivity index (χ1n) is 6.65. The molecule has 124 valence electrons. The van der Waals surface area contributed by atoms with Crippen LogP contribution < -0.4 is 15.4 Å². The Hall–Kier alpha value is -1.38. The summed E-state index contributed by atoms with van der Waals surface area (Å²) in [4.78, 5) is 11.7. The van der Waals surface area contributed by atoms with Gasteiger partial charge < -0.3 is 11.1 Å². The number of hydrogen-bond acceptors (Lipinski definition) is 4. The zero-order valence-corrected chi connectivity index (χ0v) is 13.7. The summed E-state index contributed by atoms with van der Waals surface area (Å²) in [6, 6.07) is 3.58. The van der Waals surface area contributed by atoms with E-state index in [2.05, 4.69) is 5.32 Å². The average molecular weight is 352 g/mol. The lowest BCUT2D eigenvalue weighted by Gasteiger charge is -2.18.